The average molecular weight is 336 g/mol. The first-order chi connectivity index (χ1) is 11.7. The molecule has 0 amide bonds. The van der Waals surface area contributed by atoms with Crippen molar-refractivity contribution in [1.29, 1.82) is 0 Å². The molecule has 24 heavy (non-hydrogen) atoms. The molecule has 3 fully saturated rings. The lowest BCUT2D eigenvalue weighted by atomic mass is 9.72. The highest BCUT2D eigenvalue weighted by Gasteiger charge is 2.42. The van der Waals surface area contributed by atoms with Crippen molar-refractivity contribution in [2.75, 3.05) is 39.4 Å². The first-order valence-corrected chi connectivity index (χ1v) is 9.19. The molecule has 0 aromatic heterocycles. The molecule has 1 aliphatic carbocycles. The summed E-state index contributed by atoms with van der Waals surface area (Å²) in [6.07, 6.45) is 3.90. The summed E-state index contributed by atoms with van der Waals surface area (Å²) in [6, 6.07) is 4.98. The van der Waals surface area contributed by atoms with Gasteiger partial charge in [-0.1, -0.05) is 12.5 Å². The molecule has 1 aromatic carbocycles. The smallest absolute Gasteiger partial charge is 0.159 e. The highest BCUT2D eigenvalue weighted by atomic mass is 19.2. The summed E-state index contributed by atoms with van der Waals surface area (Å²) in [5.41, 5.74) is 0.872. The Balaban J connectivity index is 1.44. The number of benzene rings is 1. The highest BCUT2D eigenvalue weighted by Crippen LogP contribution is 2.38. The molecular weight excluding hydrogens is 310 g/mol. The fraction of sp³-hybridized carbons (Fsp3) is 0.684. The summed E-state index contributed by atoms with van der Waals surface area (Å²) < 4.78 is 32.1. The minimum Gasteiger partial charge on any atom is -0.379 e. The van der Waals surface area contributed by atoms with Crippen molar-refractivity contribution in [2.45, 2.75) is 31.8 Å². The lowest BCUT2D eigenvalue weighted by molar-refractivity contribution is -0.0623. The number of fused-ring (bicyclic) bond motifs is 2. The van der Waals surface area contributed by atoms with Gasteiger partial charge >= 0.3 is 0 Å². The summed E-state index contributed by atoms with van der Waals surface area (Å²) in [5, 5.41) is 0. The monoisotopic (exact) mass is 336 g/mol. The topological polar surface area (TPSA) is 15.7 Å². The van der Waals surface area contributed by atoms with Crippen LogP contribution in [0, 0.1) is 23.5 Å². The Hall–Kier alpha value is -1.04. The molecule has 2 atom stereocenters. The summed E-state index contributed by atoms with van der Waals surface area (Å²) in [6.45, 7) is 6.68. The van der Waals surface area contributed by atoms with Crippen molar-refractivity contribution in [3.05, 3.63) is 35.4 Å². The normalized spacial score (nSPS) is 32.0. The van der Waals surface area contributed by atoms with Crippen LogP contribution in [0.15, 0.2) is 18.2 Å². The highest BCUT2D eigenvalue weighted by molar-refractivity contribution is 5.18. The van der Waals surface area contributed by atoms with Crippen molar-refractivity contribution < 1.29 is 13.5 Å². The third-order valence-corrected chi connectivity index (χ3v) is 5.96. The number of morpholine rings is 1. The zero-order chi connectivity index (χ0) is 16.5. The van der Waals surface area contributed by atoms with E-state index < -0.39 is 11.6 Å². The van der Waals surface area contributed by atoms with Gasteiger partial charge in [0.25, 0.3) is 0 Å². The number of rotatable bonds is 3. The second kappa shape index (κ2) is 7.06. The van der Waals surface area contributed by atoms with Gasteiger partial charge in [0.15, 0.2) is 11.6 Å². The molecule has 132 valence electrons. The Labute approximate surface area is 142 Å². The van der Waals surface area contributed by atoms with E-state index in [4.69, 9.17) is 4.74 Å². The molecule has 1 saturated carbocycles. The van der Waals surface area contributed by atoms with E-state index in [-0.39, 0.29) is 0 Å². The van der Waals surface area contributed by atoms with Crippen LogP contribution in [0.4, 0.5) is 8.78 Å². The van der Waals surface area contributed by atoms with Crippen LogP contribution in [-0.2, 0) is 11.3 Å². The summed E-state index contributed by atoms with van der Waals surface area (Å²) in [4.78, 5) is 5.09. The van der Waals surface area contributed by atoms with Gasteiger partial charge in [0.05, 0.1) is 13.2 Å². The molecule has 0 unspecified atom stereocenters. The van der Waals surface area contributed by atoms with Crippen molar-refractivity contribution in [1.82, 2.24) is 9.80 Å². The number of piperidine rings is 1. The second-order valence-electron chi connectivity index (χ2n) is 7.53. The van der Waals surface area contributed by atoms with Crippen LogP contribution in [0.3, 0.4) is 0 Å². The van der Waals surface area contributed by atoms with Crippen molar-refractivity contribution >= 4 is 0 Å². The van der Waals surface area contributed by atoms with Gasteiger partial charge in [0, 0.05) is 38.8 Å². The van der Waals surface area contributed by atoms with Gasteiger partial charge in [-0.3, -0.25) is 9.80 Å². The molecule has 1 aromatic rings. The van der Waals surface area contributed by atoms with E-state index in [0.29, 0.717) is 17.9 Å². The molecule has 2 saturated heterocycles. The molecule has 2 bridgehead atoms. The largest absolute Gasteiger partial charge is 0.379 e. The van der Waals surface area contributed by atoms with Crippen LogP contribution in [0.25, 0.3) is 0 Å². The Morgan fingerprint density at radius 3 is 2.38 bits per heavy atom. The van der Waals surface area contributed by atoms with E-state index in [1.807, 2.05) is 0 Å². The fourth-order valence-corrected chi connectivity index (χ4v) is 5.00. The molecule has 2 heterocycles. The van der Waals surface area contributed by atoms with E-state index in [2.05, 4.69) is 9.80 Å². The van der Waals surface area contributed by atoms with Gasteiger partial charge in [-0.15, -0.1) is 0 Å². The van der Waals surface area contributed by atoms with Gasteiger partial charge < -0.3 is 4.74 Å². The molecule has 0 radical (unpaired) electrons. The fourth-order valence-electron chi connectivity index (χ4n) is 5.00. The lowest BCUT2D eigenvalue weighted by Crippen LogP contribution is -2.59. The number of hydrogen-bond donors (Lipinski definition) is 0. The maximum atomic E-state index is 13.5. The van der Waals surface area contributed by atoms with Crippen LogP contribution in [0.5, 0.6) is 0 Å². The quantitative estimate of drug-likeness (QED) is 0.844. The zero-order valence-corrected chi connectivity index (χ0v) is 14.1. The van der Waals surface area contributed by atoms with Crippen LogP contribution >= 0.6 is 0 Å². The van der Waals surface area contributed by atoms with Crippen LogP contribution in [0.2, 0.25) is 0 Å². The number of ether oxygens (including phenoxy) is 1. The van der Waals surface area contributed by atoms with Gasteiger partial charge in [-0.05, 0) is 42.4 Å². The molecule has 3 aliphatic rings. The third-order valence-electron chi connectivity index (χ3n) is 5.96. The average Bonchev–Trinajstić information content (AvgIpc) is 2.58. The molecule has 0 spiro atoms. The number of halogens is 2. The predicted octanol–water partition coefficient (Wildman–Crippen LogP) is 2.90. The molecule has 2 aliphatic heterocycles. The Kier molecular flexibility index (Phi) is 4.83. The Bertz CT molecular complexity index is 562. The molecule has 5 heteroatoms. The maximum absolute atomic E-state index is 13.5. The maximum Gasteiger partial charge on any atom is 0.159 e. The minimum atomic E-state index is -0.762. The standard InChI is InChI=1S/C19H26F2N2O/c20-17-5-4-14(10-18(17)21)11-22-12-15-2-1-3-16(13-22)19(15)23-6-8-24-9-7-23/h4-5,10,15-16,19H,1-3,6-9,11-13H2/t15-,16-/m1/s1. The van der Waals surface area contributed by atoms with E-state index in [0.717, 1.165) is 51.5 Å². The van der Waals surface area contributed by atoms with Crippen LogP contribution < -0.4 is 0 Å². The predicted molar refractivity (Wildman–Crippen MR) is 88.6 cm³/mol. The number of nitrogens with zero attached hydrogens (tertiary/aromatic N) is 2. The third kappa shape index (κ3) is 3.35. The van der Waals surface area contributed by atoms with Gasteiger partial charge in [0.1, 0.15) is 0 Å². The van der Waals surface area contributed by atoms with Crippen molar-refractivity contribution in [2.24, 2.45) is 11.8 Å². The van der Waals surface area contributed by atoms with E-state index in [1.54, 1.807) is 6.07 Å². The lowest BCUT2D eigenvalue weighted by Gasteiger charge is -2.52. The van der Waals surface area contributed by atoms with Gasteiger partial charge in [-0.25, -0.2) is 8.78 Å². The number of hydrogen-bond acceptors (Lipinski definition) is 3. The van der Waals surface area contributed by atoms with Gasteiger partial charge in [0.2, 0.25) is 0 Å². The SMILES string of the molecule is Fc1ccc(CN2C[C@H]3CCC[C@H](C2)C3N2CCOCC2)cc1F. The molecule has 3 nitrogen and oxygen atoms in total. The van der Waals surface area contributed by atoms with Crippen molar-refractivity contribution in [3.8, 4) is 0 Å². The molecule has 0 N–H and O–H groups in total. The van der Waals surface area contributed by atoms with E-state index >= 15 is 0 Å². The molecule has 4 rings (SSSR count). The minimum absolute atomic E-state index is 0.684. The summed E-state index contributed by atoms with van der Waals surface area (Å²) in [7, 11) is 0. The van der Waals surface area contributed by atoms with E-state index in [1.165, 1.54) is 31.4 Å². The first kappa shape index (κ1) is 16.4. The van der Waals surface area contributed by atoms with Crippen molar-refractivity contribution in [3.63, 3.8) is 0 Å². The summed E-state index contributed by atoms with van der Waals surface area (Å²) in [5.74, 6) is -0.112. The van der Waals surface area contributed by atoms with E-state index in [9.17, 15) is 8.78 Å². The molecular formula is C19H26F2N2O. The number of likely N-dealkylation sites (tertiary alicyclic amines) is 1. The zero-order valence-electron chi connectivity index (χ0n) is 14.1. The van der Waals surface area contributed by atoms with Crippen LogP contribution in [-0.4, -0.2) is 55.2 Å². The Morgan fingerprint density at radius 2 is 1.71 bits per heavy atom. The first-order valence-electron chi connectivity index (χ1n) is 9.19. The van der Waals surface area contributed by atoms with Gasteiger partial charge in [-0.2, -0.15) is 0 Å². The summed E-state index contributed by atoms with van der Waals surface area (Å²) >= 11 is 0. The second-order valence-corrected chi connectivity index (χ2v) is 7.53. The van der Waals surface area contributed by atoms with Crippen LogP contribution in [0.1, 0.15) is 24.8 Å². The Morgan fingerprint density at radius 1 is 1.00 bits per heavy atom.